The Hall–Kier alpha value is -3.22. The highest BCUT2D eigenvalue weighted by molar-refractivity contribution is 5.87. The fourth-order valence-corrected chi connectivity index (χ4v) is 3.91. The maximum atomic E-state index is 13.0. The molecule has 3 aromatic carbocycles. The van der Waals surface area contributed by atoms with Gasteiger partial charge < -0.3 is 9.84 Å². The smallest absolute Gasteiger partial charge is 0.335 e. The Morgan fingerprint density at radius 2 is 1.22 bits per heavy atom. The Labute approximate surface area is 187 Å². The van der Waals surface area contributed by atoms with Crippen LogP contribution >= 0.6 is 0 Å². The molecule has 0 amide bonds. The zero-order valence-corrected chi connectivity index (χ0v) is 17.9. The van der Waals surface area contributed by atoms with E-state index in [0.29, 0.717) is 11.3 Å². The van der Waals surface area contributed by atoms with Crippen LogP contribution in [0.25, 0.3) is 0 Å². The van der Waals surface area contributed by atoms with Gasteiger partial charge in [0, 0.05) is 26.2 Å². The average molecular weight is 435 g/mol. The highest BCUT2D eigenvalue weighted by Crippen LogP contribution is 2.22. The fourth-order valence-electron chi connectivity index (χ4n) is 3.91. The van der Waals surface area contributed by atoms with Gasteiger partial charge in [-0.1, -0.05) is 24.3 Å². The maximum Gasteiger partial charge on any atom is 0.335 e. The largest absolute Gasteiger partial charge is 0.478 e. The highest BCUT2D eigenvalue weighted by atomic mass is 19.1. The Bertz CT molecular complexity index is 1020. The van der Waals surface area contributed by atoms with E-state index in [1.807, 2.05) is 24.3 Å². The van der Waals surface area contributed by atoms with Crippen LogP contribution < -0.4 is 4.74 Å². The van der Waals surface area contributed by atoms with E-state index in [4.69, 9.17) is 9.84 Å². The lowest BCUT2D eigenvalue weighted by atomic mass is 10.1. The third-order valence-electron chi connectivity index (χ3n) is 5.67. The Morgan fingerprint density at radius 1 is 0.750 bits per heavy atom. The topological polar surface area (TPSA) is 53.0 Å². The van der Waals surface area contributed by atoms with Crippen molar-refractivity contribution in [3.05, 3.63) is 95.3 Å². The summed E-state index contributed by atoms with van der Waals surface area (Å²) >= 11 is 0. The van der Waals surface area contributed by atoms with Crippen LogP contribution in [-0.4, -0.2) is 47.1 Å². The molecule has 0 unspecified atom stereocenters. The number of carboxylic acids is 1. The van der Waals surface area contributed by atoms with Crippen LogP contribution in [0.15, 0.2) is 72.8 Å². The van der Waals surface area contributed by atoms with Gasteiger partial charge in [-0.25, -0.2) is 9.18 Å². The first-order chi connectivity index (χ1) is 15.5. The van der Waals surface area contributed by atoms with Crippen molar-refractivity contribution < 1.29 is 19.0 Å². The second kappa shape index (κ2) is 10.4. The first-order valence-electron chi connectivity index (χ1n) is 10.8. The Kier molecular flexibility index (Phi) is 7.14. The monoisotopic (exact) mass is 434 g/mol. The molecule has 0 atom stereocenters. The molecule has 1 heterocycles. The molecule has 1 saturated heterocycles. The molecule has 166 valence electrons. The summed E-state index contributed by atoms with van der Waals surface area (Å²) in [5, 5.41) is 9.04. The summed E-state index contributed by atoms with van der Waals surface area (Å²) < 4.78 is 18.8. The standard InChI is InChI=1S/C26H27FN2O3/c27-23-8-12-25(13-9-23)32-24-10-4-21(5-11-24)19-29-15-1-14-28(16-17-29)18-20-2-6-22(7-3-20)26(30)31/h2-13H,1,14-19H2,(H,30,31). The predicted octanol–water partition coefficient (Wildman–Crippen LogP) is 5.02. The predicted molar refractivity (Wildman–Crippen MR) is 121 cm³/mol. The van der Waals surface area contributed by atoms with Crippen LogP contribution in [0.1, 0.15) is 27.9 Å². The van der Waals surface area contributed by atoms with E-state index < -0.39 is 5.97 Å². The van der Waals surface area contributed by atoms with Gasteiger partial charge in [-0.3, -0.25) is 9.80 Å². The van der Waals surface area contributed by atoms with Crippen LogP contribution in [-0.2, 0) is 13.1 Å². The van der Waals surface area contributed by atoms with E-state index >= 15 is 0 Å². The number of aromatic carboxylic acids is 1. The van der Waals surface area contributed by atoms with E-state index in [-0.39, 0.29) is 5.82 Å². The molecule has 5 nitrogen and oxygen atoms in total. The minimum atomic E-state index is -0.892. The molecule has 1 fully saturated rings. The number of hydrogen-bond donors (Lipinski definition) is 1. The molecule has 6 heteroatoms. The minimum absolute atomic E-state index is 0.278. The quantitative estimate of drug-likeness (QED) is 0.566. The molecule has 3 aromatic rings. The lowest BCUT2D eigenvalue weighted by Gasteiger charge is -2.22. The molecule has 0 aliphatic carbocycles. The molecule has 0 aromatic heterocycles. The Morgan fingerprint density at radius 3 is 1.72 bits per heavy atom. The first kappa shape index (κ1) is 22.0. The number of rotatable bonds is 7. The van der Waals surface area contributed by atoms with E-state index in [2.05, 4.69) is 21.9 Å². The van der Waals surface area contributed by atoms with Gasteiger partial charge in [-0.05, 0) is 79.2 Å². The third-order valence-corrected chi connectivity index (χ3v) is 5.67. The molecule has 0 radical (unpaired) electrons. The summed E-state index contributed by atoms with van der Waals surface area (Å²) in [6.45, 7) is 5.76. The van der Waals surface area contributed by atoms with E-state index in [1.165, 1.54) is 17.7 Å². The lowest BCUT2D eigenvalue weighted by molar-refractivity contribution is 0.0697. The molecule has 32 heavy (non-hydrogen) atoms. The van der Waals surface area contributed by atoms with Crippen molar-refractivity contribution in [2.24, 2.45) is 0 Å². The summed E-state index contributed by atoms with van der Waals surface area (Å²) in [6, 6.07) is 21.2. The Balaban J connectivity index is 1.27. The van der Waals surface area contributed by atoms with Gasteiger partial charge in [0.2, 0.25) is 0 Å². The molecule has 4 rings (SSSR count). The van der Waals surface area contributed by atoms with E-state index in [1.54, 1.807) is 24.3 Å². The maximum absolute atomic E-state index is 13.0. The van der Waals surface area contributed by atoms with Gasteiger partial charge in [0.25, 0.3) is 0 Å². The van der Waals surface area contributed by atoms with Crippen molar-refractivity contribution in [2.75, 3.05) is 26.2 Å². The molecule has 1 N–H and O–H groups in total. The van der Waals surface area contributed by atoms with Crippen molar-refractivity contribution in [1.82, 2.24) is 9.80 Å². The number of benzene rings is 3. The summed E-state index contributed by atoms with van der Waals surface area (Å²) in [5.74, 6) is 0.178. The number of ether oxygens (including phenoxy) is 1. The second-order valence-electron chi connectivity index (χ2n) is 8.11. The number of halogens is 1. The molecular weight excluding hydrogens is 407 g/mol. The van der Waals surface area contributed by atoms with Gasteiger partial charge >= 0.3 is 5.97 Å². The van der Waals surface area contributed by atoms with Crippen molar-refractivity contribution in [3.8, 4) is 11.5 Å². The first-order valence-corrected chi connectivity index (χ1v) is 10.8. The molecule has 1 aliphatic rings. The molecule has 0 bridgehead atoms. The molecule has 0 spiro atoms. The van der Waals surface area contributed by atoms with Crippen LogP contribution in [0, 0.1) is 5.82 Å². The van der Waals surface area contributed by atoms with Gasteiger partial charge in [0.15, 0.2) is 0 Å². The number of carboxylic acid groups (broad SMARTS) is 1. The van der Waals surface area contributed by atoms with Crippen LogP contribution in [0.3, 0.4) is 0 Å². The van der Waals surface area contributed by atoms with Gasteiger partial charge in [0.05, 0.1) is 5.56 Å². The van der Waals surface area contributed by atoms with Crippen molar-refractivity contribution >= 4 is 5.97 Å². The third kappa shape index (κ3) is 6.15. The molecule has 0 saturated carbocycles. The number of nitrogens with zero attached hydrogens (tertiary/aromatic N) is 2. The fraction of sp³-hybridized carbons (Fsp3) is 0.269. The summed E-state index contributed by atoms with van der Waals surface area (Å²) in [5.41, 5.74) is 2.69. The van der Waals surface area contributed by atoms with Crippen LogP contribution in [0.4, 0.5) is 4.39 Å². The molecule has 1 aliphatic heterocycles. The second-order valence-corrected chi connectivity index (χ2v) is 8.11. The summed E-state index contributed by atoms with van der Waals surface area (Å²) in [7, 11) is 0. The van der Waals surface area contributed by atoms with E-state index in [0.717, 1.165) is 57.0 Å². The van der Waals surface area contributed by atoms with Gasteiger partial charge in [-0.15, -0.1) is 0 Å². The molecular formula is C26H27FN2O3. The average Bonchev–Trinajstić information content (AvgIpc) is 3.02. The summed E-state index contributed by atoms with van der Waals surface area (Å²) in [4.78, 5) is 15.9. The van der Waals surface area contributed by atoms with Crippen LogP contribution in [0.5, 0.6) is 11.5 Å². The normalized spacial score (nSPS) is 15.3. The van der Waals surface area contributed by atoms with Crippen molar-refractivity contribution in [3.63, 3.8) is 0 Å². The van der Waals surface area contributed by atoms with Crippen molar-refractivity contribution in [2.45, 2.75) is 19.5 Å². The lowest BCUT2D eigenvalue weighted by Crippen LogP contribution is -2.30. The van der Waals surface area contributed by atoms with Crippen LogP contribution in [0.2, 0.25) is 0 Å². The minimum Gasteiger partial charge on any atom is -0.478 e. The van der Waals surface area contributed by atoms with Crippen molar-refractivity contribution in [1.29, 1.82) is 0 Å². The van der Waals surface area contributed by atoms with Gasteiger partial charge in [0.1, 0.15) is 17.3 Å². The highest BCUT2D eigenvalue weighted by Gasteiger charge is 2.15. The zero-order chi connectivity index (χ0) is 22.3. The SMILES string of the molecule is O=C(O)c1ccc(CN2CCCN(Cc3ccc(Oc4ccc(F)cc4)cc3)CC2)cc1. The van der Waals surface area contributed by atoms with E-state index in [9.17, 15) is 9.18 Å². The number of hydrogen-bond acceptors (Lipinski definition) is 4. The van der Waals surface area contributed by atoms with Gasteiger partial charge in [-0.2, -0.15) is 0 Å². The zero-order valence-electron chi connectivity index (χ0n) is 17.9. The number of carbonyl (C=O) groups is 1. The summed E-state index contributed by atoms with van der Waals surface area (Å²) in [6.07, 6.45) is 1.10.